The van der Waals surface area contributed by atoms with Crippen LogP contribution in [-0.2, 0) is 9.84 Å². The van der Waals surface area contributed by atoms with Crippen molar-refractivity contribution in [2.75, 3.05) is 18.1 Å². The highest BCUT2D eigenvalue weighted by molar-refractivity contribution is 7.91. The van der Waals surface area contributed by atoms with Crippen LogP contribution in [0.5, 0.6) is 5.75 Å². The molecule has 1 aliphatic heterocycles. The molecule has 1 fully saturated rings. The first-order valence-electron chi connectivity index (χ1n) is 6.55. The number of aliphatic hydroxyl groups is 1. The Morgan fingerprint density at radius 2 is 2.21 bits per heavy atom. The fourth-order valence-electron chi connectivity index (χ4n) is 2.51. The maximum absolute atomic E-state index is 11.5. The molecule has 19 heavy (non-hydrogen) atoms. The Bertz CT molecular complexity index is 551. The summed E-state index contributed by atoms with van der Waals surface area (Å²) in [5.74, 6) is 0.647. The Labute approximate surface area is 114 Å². The molecule has 4 nitrogen and oxygen atoms in total. The van der Waals surface area contributed by atoms with Crippen LogP contribution in [0.15, 0.2) is 18.2 Å². The van der Waals surface area contributed by atoms with Gasteiger partial charge in [0.05, 0.1) is 24.2 Å². The molecule has 0 saturated carbocycles. The normalized spacial score (nSPS) is 23.2. The maximum Gasteiger partial charge on any atom is 0.150 e. The second-order valence-corrected chi connectivity index (χ2v) is 7.31. The maximum atomic E-state index is 11.5. The third-order valence-corrected chi connectivity index (χ3v) is 5.29. The van der Waals surface area contributed by atoms with Crippen LogP contribution in [0.25, 0.3) is 0 Å². The highest BCUT2D eigenvalue weighted by atomic mass is 32.2. The lowest BCUT2D eigenvalue weighted by molar-refractivity contribution is 0.117. The molecule has 1 aromatic carbocycles. The zero-order valence-corrected chi connectivity index (χ0v) is 12.1. The van der Waals surface area contributed by atoms with Crippen LogP contribution >= 0.6 is 0 Å². The Hall–Kier alpha value is -1.07. The van der Waals surface area contributed by atoms with Crippen molar-refractivity contribution in [3.8, 4) is 5.75 Å². The summed E-state index contributed by atoms with van der Waals surface area (Å²) < 4.78 is 28.5. The van der Waals surface area contributed by atoms with Gasteiger partial charge in [0.2, 0.25) is 0 Å². The summed E-state index contributed by atoms with van der Waals surface area (Å²) in [5.41, 5.74) is 1.72. The van der Waals surface area contributed by atoms with Crippen molar-refractivity contribution < 1.29 is 18.3 Å². The van der Waals surface area contributed by atoms with Crippen molar-refractivity contribution in [3.63, 3.8) is 0 Å². The van der Waals surface area contributed by atoms with Gasteiger partial charge >= 0.3 is 0 Å². The first kappa shape index (κ1) is 14.3. The van der Waals surface area contributed by atoms with E-state index in [2.05, 4.69) is 0 Å². The fraction of sp³-hybridized carbons (Fsp3) is 0.571. The molecule has 1 aromatic rings. The van der Waals surface area contributed by atoms with Crippen molar-refractivity contribution in [2.24, 2.45) is 5.92 Å². The van der Waals surface area contributed by atoms with E-state index in [1.165, 1.54) is 0 Å². The van der Waals surface area contributed by atoms with Crippen LogP contribution in [0.4, 0.5) is 0 Å². The Morgan fingerprint density at radius 1 is 1.47 bits per heavy atom. The molecular formula is C14H20O4S. The van der Waals surface area contributed by atoms with Crippen LogP contribution in [0.3, 0.4) is 0 Å². The molecule has 1 aliphatic rings. The largest absolute Gasteiger partial charge is 0.493 e. The van der Waals surface area contributed by atoms with Gasteiger partial charge in [-0.1, -0.05) is 11.6 Å². The van der Waals surface area contributed by atoms with E-state index >= 15 is 0 Å². The molecule has 0 bridgehead atoms. The minimum absolute atomic E-state index is 0.0632. The molecule has 2 atom stereocenters. The third kappa shape index (κ3) is 3.28. The average Bonchev–Trinajstić information content (AvgIpc) is 2.71. The number of ether oxygens (including phenoxy) is 1. The Balaban J connectivity index is 2.27. The summed E-state index contributed by atoms with van der Waals surface area (Å²) in [5, 5.41) is 10.4. The summed E-state index contributed by atoms with van der Waals surface area (Å²) in [4.78, 5) is 0. The number of sulfone groups is 1. The van der Waals surface area contributed by atoms with E-state index in [-0.39, 0.29) is 17.4 Å². The van der Waals surface area contributed by atoms with Crippen LogP contribution in [0.2, 0.25) is 0 Å². The molecule has 1 heterocycles. The molecule has 0 spiro atoms. The van der Waals surface area contributed by atoms with Gasteiger partial charge in [0, 0.05) is 11.5 Å². The molecular weight excluding hydrogens is 264 g/mol. The minimum Gasteiger partial charge on any atom is -0.493 e. The number of aryl methyl sites for hydroxylation is 1. The van der Waals surface area contributed by atoms with Gasteiger partial charge in [0.1, 0.15) is 5.75 Å². The minimum atomic E-state index is -2.98. The summed E-state index contributed by atoms with van der Waals surface area (Å²) in [7, 11) is -2.98. The number of hydrogen-bond donors (Lipinski definition) is 1. The molecule has 0 amide bonds. The second kappa shape index (κ2) is 5.51. The van der Waals surface area contributed by atoms with E-state index in [0.29, 0.717) is 24.3 Å². The van der Waals surface area contributed by atoms with Gasteiger partial charge in [-0.2, -0.15) is 0 Å². The molecule has 0 aliphatic carbocycles. The van der Waals surface area contributed by atoms with Gasteiger partial charge < -0.3 is 9.84 Å². The number of rotatable bonds is 4. The van der Waals surface area contributed by atoms with Gasteiger partial charge in [-0.25, -0.2) is 8.42 Å². The summed E-state index contributed by atoms with van der Waals surface area (Å²) in [6.07, 6.45) is -0.262. The Kier molecular flexibility index (Phi) is 4.16. The van der Waals surface area contributed by atoms with Crippen molar-refractivity contribution >= 4 is 9.84 Å². The van der Waals surface area contributed by atoms with Crippen LogP contribution in [-0.4, -0.2) is 31.6 Å². The lowest BCUT2D eigenvalue weighted by Crippen LogP contribution is -2.15. The SMILES string of the molecule is CCOc1ccc(C)cc1C(O)C1CCS(=O)(=O)C1. The lowest BCUT2D eigenvalue weighted by atomic mass is 9.93. The number of aliphatic hydroxyl groups excluding tert-OH is 1. The molecule has 1 saturated heterocycles. The molecule has 2 rings (SSSR count). The van der Waals surface area contributed by atoms with Crippen LogP contribution in [0.1, 0.15) is 30.6 Å². The van der Waals surface area contributed by atoms with Gasteiger partial charge in [0.25, 0.3) is 0 Å². The molecule has 1 N–H and O–H groups in total. The van der Waals surface area contributed by atoms with E-state index < -0.39 is 15.9 Å². The summed E-state index contributed by atoms with van der Waals surface area (Å²) in [6, 6.07) is 5.63. The summed E-state index contributed by atoms with van der Waals surface area (Å²) >= 11 is 0. The van der Waals surface area contributed by atoms with E-state index in [0.717, 1.165) is 5.56 Å². The van der Waals surface area contributed by atoms with Crippen molar-refractivity contribution in [1.29, 1.82) is 0 Å². The van der Waals surface area contributed by atoms with E-state index in [1.807, 2.05) is 32.0 Å². The van der Waals surface area contributed by atoms with Crippen molar-refractivity contribution in [3.05, 3.63) is 29.3 Å². The number of benzene rings is 1. The molecule has 5 heteroatoms. The third-order valence-electron chi connectivity index (χ3n) is 3.50. The van der Waals surface area contributed by atoms with E-state index in [4.69, 9.17) is 4.74 Å². The highest BCUT2D eigenvalue weighted by Crippen LogP contribution is 2.36. The van der Waals surface area contributed by atoms with Gasteiger partial charge in [-0.15, -0.1) is 0 Å². The second-order valence-electron chi connectivity index (χ2n) is 5.08. The number of hydrogen-bond acceptors (Lipinski definition) is 4. The highest BCUT2D eigenvalue weighted by Gasteiger charge is 2.34. The lowest BCUT2D eigenvalue weighted by Gasteiger charge is -2.20. The standard InChI is InChI=1S/C14H20O4S/c1-3-18-13-5-4-10(2)8-12(13)14(15)11-6-7-19(16,17)9-11/h4-5,8,11,14-15H,3,6-7,9H2,1-2H3. The zero-order valence-electron chi connectivity index (χ0n) is 11.3. The Morgan fingerprint density at radius 3 is 2.79 bits per heavy atom. The predicted molar refractivity (Wildman–Crippen MR) is 74.1 cm³/mol. The van der Waals surface area contributed by atoms with Crippen LogP contribution < -0.4 is 4.74 Å². The first-order valence-corrected chi connectivity index (χ1v) is 8.37. The molecule has 106 valence electrons. The van der Waals surface area contributed by atoms with Gasteiger partial charge in [-0.05, 0) is 32.4 Å². The molecule has 2 unspecified atom stereocenters. The fourth-order valence-corrected chi connectivity index (χ4v) is 4.34. The van der Waals surface area contributed by atoms with Crippen molar-refractivity contribution in [1.82, 2.24) is 0 Å². The zero-order chi connectivity index (χ0) is 14.0. The van der Waals surface area contributed by atoms with E-state index in [9.17, 15) is 13.5 Å². The monoisotopic (exact) mass is 284 g/mol. The summed E-state index contributed by atoms with van der Waals surface area (Å²) in [6.45, 7) is 4.35. The van der Waals surface area contributed by atoms with Gasteiger partial charge in [-0.3, -0.25) is 0 Å². The quantitative estimate of drug-likeness (QED) is 0.916. The average molecular weight is 284 g/mol. The van der Waals surface area contributed by atoms with E-state index in [1.54, 1.807) is 0 Å². The predicted octanol–water partition coefficient (Wildman–Crippen LogP) is 1.86. The smallest absolute Gasteiger partial charge is 0.150 e. The first-order chi connectivity index (χ1) is 8.93. The van der Waals surface area contributed by atoms with Crippen LogP contribution in [0, 0.1) is 12.8 Å². The van der Waals surface area contributed by atoms with Gasteiger partial charge in [0.15, 0.2) is 9.84 Å². The molecule has 0 aromatic heterocycles. The topological polar surface area (TPSA) is 63.6 Å². The molecule has 0 radical (unpaired) electrons. The van der Waals surface area contributed by atoms with Crippen molar-refractivity contribution in [2.45, 2.75) is 26.4 Å².